The van der Waals surface area contributed by atoms with Gasteiger partial charge in [0.1, 0.15) is 0 Å². The third-order valence-corrected chi connectivity index (χ3v) is 6.76. The average Bonchev–Trinajstić information content (AvgIpc) is 2.45. The molecule has 130 valence electrons. The molecule has 1 N–H and O–H groups in total. The summed E-state index contributed by atoms with van der Waals surface area (Å²) in [7, 11) is 0. The number of rotatable bonds is 2. The second-order valence-corrected chi connectivity index (χ2v) is 8.37. The van der Waals surface area contributed by atoms with Crippen molar-refractivity contribution >= 4 is 5.91 Å². The molecule has 0 radical (unpaired) electrons. The molecule has 5 rings (SSSR count). The SMILES string of the molecule is O=C(NC1CCN(C23CC4CC(CC(C4)C2)C3)CC1)C(F)(F)F. The first-order chi connectivity index (χ1) is 10.8. The molecule has 0 aromatic carbocycles. The minimum atomic E-state index is -4.77. The van der Waals surface area contributed by atoms with Gasteiger partial charge in [-0.1, -0.05) is 0 Å². The second-order valence-electron chi connectivity index (χ2n) is 8.37. The predicted molar refractivity (Wildman–Crippen MR) is 79.7 cm³/mol. The van der Waals surface area contributed by atoms with Gasteiger partial charge < -0.3 is 5.32 Å². The largest absolute Gasteiger partial charge is 0.471 e. The first kappa shape index (κ1) is 15.7. The molecule has 0 atom stereocenters. The highest BCUT2D eigenvalue weighted by molar-refractivity contribution is 5.81. The van der Waals surface area contributed by atoms with Gasteiger partial charge in [0.15, 0.2) is 0 Å². The van der Waals surface area contributed by atoms with Gasteiger partial charge in [-0.05, 0) is 69.1 Å². The summed E-state index contributed by atoms with van der Waals surface area (Å²) >= 11 is 0. The fourth-order valence-electron chi connectivity index (χ4n) is 6.22. The lowest BCUT2D eigenvalue weighted by Crippen LogP contribution is -2.62. The number of nitrogens with one attached hydrogen (secondary N) is 1. The molecule has 6 heteroatoms. The van der Waals surface area contributed by atoms with Crippen molar-refractivity contribution in [2.24, 2.45) is 17.8 Å². The molecule has 1 heterocycles. The molecule has 5 aliphatic rings. The van der Waals surface area contributed by atoms with E-state index in [0.717, 1.165) is 30.8 Å². The molecule has 0 aromatic heterocycles. The minimum absolute atomic E-state index is 0.325. The van der Waals surface area contributed by atoms with Gasteiger partial charge in [-0.25, -0.2) is 0 Å². The van der Waals surface area contributed by atoms with Crippen LogP contribution in [0.25, 0.3) is 0 Å². The number of hydrogen-bond donors (Lipinski definition) is 1. The highest BCUT2D eigenvalue weighted by Crippen LogP contribution is 2.58. The van der Waals surface area contributed by atoms with Gasteiger partial charge in [0.25, 0.3) is 0 Å². The lowest BCUT2D eigenvalue weighted by atomic mass is 9.52. The monoisotopic (exact) mass is 330 g/mol. The summed E-state index contributed by atoms with van der Waals surface area (Å²) in [5, 5.41) is 2.16. The van der Waals surface area contributed by atoms with Gasteiger partial charge in [-0.3, -0.25) is 9.69 Å². The van der Waals surface area contributed by atoms with Crippen LogP contribution >= 0.6 is 0 Å². The first-order valence-corrected chi connectivity index (χ1v) is 8.97. The first-order valence-electron chi connectivity index (χ1n) is 8.97. The second kappa shape index (κ2) is 5.36. The van der Waals surface area contributed by atoms with Crippen LogP contribution in [0.15, 0.2) is 0 Å². The minimum Gasteiger partial charge on any atom is -0.345 e. The lowest BCUT2D eigenvalue weighted by molar-refractivity contribution is -0.175. The number of halogens is 3. The predicted octanol–water partition coefficient (Wildman–Crippen LogP) is 3.10. The molecule has 3 nitrogen and oxygen atoms in total. The summed E-state index contributed by atoms with van der Waals surface area (Å²) in [4.78, 5) is 13.6. The van der Waals surface area contributed by atoms with Gasteiger partial charge in [-0.15, -0.1) is 0 Å². The van der Waals surface area contributed by atoms with Crippen molar-refractivity contribution in [1.82, 2.24) is 10.2 Å². The number of nitrogens with zero attached hydrogens (tertiary/aromatic N) is 1. The van der Waals surface area contributed by atoms with Gasteiger partial charge in [-0.2, -0.15) is 13.2 Å². The van der Waals surface area contributed by atoms with Crippen LogP contribution in [-0.4, -0.2) is 41.7 Å². The summed E-state index contributed by atoms with van der Waals surface area (Å²) < 4.78 is 37.1. The fraction of sp³-hybridized carbons (Fsp3) is 0.941. The van der Waals surface area contributed by atoms with E-state index in [-0.39, 0.29) is 6.04 Å². The molecule has 23 heavy (non-hydrogen) atoms. The highest BCUT2D eigenvalue weighted by Gasteiger charge is 2.53. The smallest absolute Gasteiger partial charge is 0.345 e. The Kier molecular flexibility index (Phi) is 3.67. The summed E-state index contributed by atoms with van der Waals surface area (Å²) in [6.07, 6.45) is 4.59. The average molecular weight is 330 g/mol. The number of likely N-dealkylation sites (tertiary alicyclic amines) is 1. The Hall–Kier alpha value is -0.780. The van der Waals surface area contributed by atoms with Crippen LogP contribution in [-0.2, 0) is 4.79 Å². The normalized spacial score (nSPS) is 41.3. The van der Waals surface area contributed by atoms with Crippen molar-refractivity contribution in [3.8, 4) is 0 Å². The molecule has 5 fully saturated rings. The van der Waals surface area contributed by atoms with Crippen LogP contribution in [0.1, 0.15) is 51.4 Å². The van der Waals surface area contributed by atoms with Crippen LogP contribution in [0.3, 0.4) is 0 Å². The third-order valence-electron chi connectivity index (χ3n) is 6.76. The van der Waals surface area contributed by atoms with Crippen molar-refractivity contribution in [3.05, 3.63) is 0 Å². The van der Waals surface area contributed by atoms with Gasteiger partial charge in [0.05, 0.1) is 0 Å². The summed E-state index contributed by atoms with van der Waals surface area (Å²) in [5.41, 5.74) is 0.327. The Morgan fingerprint density at radius 3 is 1.87 bits per heavy atom. The number of amides is 1. The molecule has 4 saturated carbocycles. The van der Waals surface area contributed by atoms with E-state index < -0.39 is 12.1 Å². The number of alkyl halides is 3. The molecule has 0 unspecified atom stereocenters. The van der Waals surface area contributed by atoms with Crippen molar-refractivity contribution in [2.45, 2.75) is 69.1 Å². The molecule has 1 saturated heterocycles. The Morgan fingerprint density at radius 1 is 0.957 bits per heavy atom. The number of carbonyl (C=O) groups excluding carboxylic acids is 1. The third kappa shape index (κ3) is 2.87. The number of piperidine rings is 1. The number of carbonyl (C=O) groups is 1. The zero-order chi connectivity index (χ0) is 16.2. The Balaban J connectivity index is 1.36. The van der Waals surface area contributed by atoms with Crippen LogP contribution in [0.2, 0.25) is 0 Å². The van der Waals surface area contributed by atoms with E-state index in [9.17, 15) is 18.0 Å². The molecular weight excluding hydrogens is 305 g/mol. The Labute approximate surface area is 135 Å². The zero-order valence-electron chi connectivity index (χ0n) is 13.4. The van der Waals surface area contributed by atoms with Crippen molar-refractivity contribution in [1.29, 1.82) is 0 Å². The maximum atomic E-state index is 12.4. The van der Waals surface area contributed by atoms with E-state index in [1.54, 1.807) is 0 Å². The standard InChI is InChI=1S/C17H25F3N2O/c18-17(19,20)15(23)21-14-1-3-22(4-2-14)16-8-11-5-12(9-16)7-13(6-11)10-16/h11-14H,1-10H2,(H,21,23). The lowest BCUT2D eigenvalue weighted by Gasteiger charge is -2.61. The highest BCUT2D eigenvalue weighted by atomic mass is 19.4. The molecule has 0 aromatic rings. The van der Waals surface area contributed by atoms with Crippen molar-refractivity contribution in [2.75, 3.05) is 13.1 Å². The summed E-state index contributed by atoms with van der Waals surface area (Å²) in [6.45, 7) is 1.66. The molecular formula is C17H25F3N2O. The summed E-state index contributed by atoms with van der Waals surface area (Å²) in [6, 6.07) is -0.325. The fourth-order valence-corrected chi connectivity index (χ4v) is 6.22. The van der Waals surface area contributed by atoms with E-state index in [1.807, 2.05) is 0 Å². The van der Waals surface area contributed by atoms with Gasteiger partial charge >= 0.3 is 12.1 Å². The van der Waals surface area contributed by atoms with E-state index in [2.05, 4.69) is 10.2 Å². The molecule has 4 bridgehead atoms. The van der Waals surface area contributed by atoms with Gasteiger partial charge in [0.2, 0.25) is 0 Å². The molecule has 0 spiro atoms. The van der Waals surface area contributed by atoms with Crippen LogP contribution in [0, 0.1) is 17.8 Å². The quantitative estimate of drug-likeness (QED) is 0.844. The summed E-state index contributed by atoms with van der Waals surface area (Å²) in [5.74, 6) is 0.850. The molecule has 4 aliphatic carbocycles. The van der Waals surface area contributed by atoms with Crippen LogP contribution in [0.5, 0.6) is 0 Å². The van der Waals surface area contributed by atoms with E-state index in [0.29, 0.717) is 18.4 Å². The Morgan fingerprint density at radius 2 is 1.43 bits per heavy atom. The maximum Gasteiger partial charge on any atom is 0.471 e. The van der Waals surface area contributed by atoms with Gasteiger partial charge in [0, 0.05) is 24.7 Å². The topological polar surface area (TPSA) is 32.3 Å². The Bertz CT molecular complexity index is 447. The van der Waals surface area contributed by atoms with E-state index in [1.165, 1.54) is 38.5 Å². The molecule has 1 amide bonds. The van der Waals surface area contributed by atoms with E-state index in [4.69, 9.17) is 0 Å². The van der Waals surface area contributed by atoms with Crippen molar-refractivity contribution in [3.63, 3.8) is 0 Å². The molecule has 1 aliphatic heterocycles. The van der Waals surface area contributed by atoms with E-state index >= 15 is 0 Å². The van der Waals surface area contributed by atoms with Crippen LogP contribution in [0.4, 0.5) is 13.2 Å². The van der Waals surface area contributed by atoms with Crippen molar-refractivity contribution < 1.29 is 18.0 Å². The van der Waals surface area contributed by atoms with Crippen LogP contribution < -0.4 is 5.32 Å². The zero-order valence-corrected chi connectivity index (χ0v) is 13.4. The maximum absolute atomic E-state index is 12.4. The number of hydrogen-bond acceptors (Lipinski definition) is 2.